The Labute approximate surface area is 130 Å². The number of anilines is 1. The lowest BCUT2D eigenvalue weighted by molar-refractivity contribution is 0.00578. The number of aryl methyl sites for hydroxylation is 1. The van der Waals surface area contributed by atoms with Gasteiger partial charge in [-0.05, 0) is 52.2 Å². The van der Waals surface area contributed by atoms with Crippen LogP contribution in [0.5, 0.6) is 0 Å². The minimum Gasteiger partial charge on any atom is -0.399 e. The fraction of sp³-hybridized carbons (Fsp3) is 0.600. The maximum atomic E-state index is 9.66. The summed E-state index contributed by atoms with van der Waals surface area (Å²) in [7, 11) is -0.459. The molecule has 0 aromatic heterocycles. The zero-order valence-corrected chi connectivity index (χ0v) is 13.6. The summed E-state index contributed by atoms with van der Waals surface area (Å²) >= 11 is 6.39. The van der Waals surface area contributed by atoms with Crippen molar-refractivity contribution >= 4 is 29.9 Å². The first-order valence-corrected chi connectivity index (χ1v) is 7.70. The summed E-state index contributed by atoms with van der Waals surface area (Å²) in [5.41, 5.74) is 2.11. The predicted octanol–water partition coefficient (Wildman–Crippen LogP) is 2.32. The Morgan fingerprint density at radius 3 is 2.48 bits per heavy atom. The van der Waals surface area contributed by atoms with E-state index in [2.05, 4.69) is 5.32 Å². The van der Waals surface area contributed by atoms with E-state index < -0.39 is 13.3 Å². The Morgan fingerprint density at radius 1 is 1.24 bits per heavy atom. The molecule has 0 radical (unpaired) electrons. The van der Waals surface area contributed by atoms with E-state index in [1.165, 1.54) is 0 Å². The number of halogens is 1. The lowest BCUT2D eigenvalue weighted by Crippen LogP contribution is -2.41. The summed E-state index contributed by atoms with van der Waals surface area (Å²) in [5, 5.41) is 13.3. The van der Waals surface area contributed by atoms with E-state index in [0.717, 1.165) is 23.1 Å². The van der Waals surface area contributed by atoms with E-state index in [-0.39, 0.29) is 11.2 Å². The number of hydrogen-bond donors (Lipinski definition) is 2. The minimum absolute atomic E-state index is 0.384. The Morgan fingerprint density at radius 2 is 1.86 bits per heavy atom. The molecule has 1 saturated heterocycles. The van der Waals surface area contributed by atoms with Crippen molar-refractivity contribution in [2.24, 2.45) is 0 Å². The van der Waals surface area contributed by atoms with Crippen LogP contribution in [-0.4, -0.2) is 29.7 Å². The molecule has 2 N–H and O–H groups in total. The van der Waals surface area contributed by atoms with Gasteiger partial charge in [-0.15, -0.1) is 0 Å². The van der Waals surface area contributed by atoms with Gasteiger partial charge in [0.25, 0.3) is 0 Å². The number of fused-ring (bicyclic) bond motifs is 1. The summed E-state index contributed by atoms with van der Waals surface area (Å²) in [4.78, 5) is 0. The van der Waals surface area contributed by atoms with Crippen LogP contribution in [0.2, 0.25) is 5.02 Å². The smallest absolute Gasteiger partial charge is 0.399 e. The third-order valence-electron chi connectivity index (χ3n) is 4.74. The zero-order valence-electron chi connectivity index (χ0n) is 12.9. The van der Waals surface area contributed by atoms with Crippen LogP contribution >= 0.6 is 11.6 Å². The third kappa shape index (κ3) is 2.57. The maximum Gasteiger partial charge on any atom is 0.496 e. The first-order chi connectivity index (χ1) is 9.69. The van der Waals surface area contributed by atoms with E-state index in [1.54, 1.807) is 0 Å². The van der Waals surface area contributed by atoms with E-state index in [9.17, 15) is 5.11 Å². The van der Waals surface area contributed by atoms with Crippen molar-refractivity contribution in [3.05, 3.63) is 22.7 Å². The van der Waals surface area contributed by atoms with Gasteiger partial charge in [0.05, 0.1) is 11.2 Å². The number of hydrogen-bond acceptors (Lipinski definition) is 4. The highest BCUT2D eigenvalue weighted by molar-refractivity contribution is 6.65. The summed E-state index contributed by atoms with van der Waals surface area (Å²) < 4.78 is 12.1. The minimum atomic E-state index is -0.503. The Balaban J connectivity index is 1.94. The Bertz CT molecular complexity index is 560. The Kier molecular flexibility index (Phi) is 3.52. The molecule has 1 aromatic rings. The molecule has 1 unspecified atom stereocenters. The molecule has 1 fully saturated rings. The van der Waals surface area contributed by atoms with Crippen molar-refractivity contribution in [1.82, 2.24) is 0 Å². The van der Waals surface area contributed by atoms with Gasteiger partial charge in [0, 0.05) is 16.2 Å². The second kappa shape index (κ2) is 4.88. The molecule has 6 heteroatoms. The molecule has 0 aliphatic carbocycles. The van der Waals surface area contributed by atoms with Crippen LogP contribution in [0.3, 0.4) is 0 Å². The van der Waals surface area contributed by atoms with Crippen molar-refractivity contribution in [2.75, 3.05) is 5.32 Å². The molecule has 1 aromatic carbocycles. The number of aliphatic hydroxyl groups excluding tert-OH is 1. The largest absolute Gasteiger partial charge is 0.496 e. The van der Waals surface area contributed by atoms with Crippen LogP contribution < -0.4 is 10.8 Å². The lowest BCUT2D eigenvalue weighted by atomic mass is 9.77. The molecule has 3 rings (SSSR count). The number of nitrogens with one attached hydrogen (secondary N) is 1. The summed E-state index contributed by atoms with van der Waals surface area (Å²) in [5.74, 6) is 0. The first kappa shape index (κ1) is 15.2. The van der Waals surface area contributed by atoms with Crippen molar-refractivity contribution in [3.63, 3.8) is 0 Å². The molecule has 114 valence electrons. The highest BCUT2D eigenvalue weighted by Gasteiger charge is 2.52. The topological polar surface area (TPSA) is 50.7 Å². The predicted molar refractivity (Wildman–Crippen MR) is 85.1 cm³/mol. The molecule has 0 amide bonds. The van der Waals surface area contributed by atoms with E-state index >= 15 is 0 Å². The van der Waals surface area contributed by atoms with Crippen molar-refractivity contribution in [2.45, 2.75) is 58.0 Å². The van der Waals surface area contributed by atoms with Crippen molar-refractivity contribution in [3.8, 4) is 0 Å². The molecule has 0 spiro atoms. The molecule has 4 nitrogen and oxygen atoms in total. The second-order valence-electron chi connectivity index (χ2n) is 6.82. The van der Waals surface area contributed by atoms with Gasteiger partial charge in [-0.3, -0.25) is 0 Å². The summed E-state index contributed by atoms with van der Waals surface area (Å²) in [6, 6.07) is 3.87. The normalized spacial score (nSPS) is 26.4. The SMILES string of the molecule is CC1(C)OB(c2cc3c(cc2Cl)NC(O)CC3)OC1(C)C. The molecule has 2 aliphatic rings. The number of rotatable bonds is 1. The highest BCUT2D eigenvalue weighted by Crippen LogP contribution is 2.37. The zero-order chi connectivity index (χ0) is 15.4. The lowest BCUT2D eigenvalue weighted by Gasteiger charge is -2.32. The van der Waals surface area contributed by atoms with Crippen LogP contribution in [0.25, 0.3) is 0 Å². The van der Waals surface area contributed by atoms with Crippen LogP contribution in [0.4, 0.5) is 5.69 Å². The van der Waals surface area contributed by atoms with Crippen LogP contribution in [0.1, 0.15) is 39.7 Å². The van der Waals surface area contributed by atoms with Gasteiger partial charge >= 0.3 is 7.12 Å². The summed E-state index contributed by atoms with van der Waals surface area (Å²) in [6.45, 7) is 8.10. The number of aliphatic hydroxyl groups is 1. The molecule has 1 atom stereocenters. The molecule has 21 heavy (non-hydrogen) atoms. The van der Waals surface area contributed by atoms with Gasteiger partial charge in [-0.2, -0.15) is 0 Å². The number of benzene rings is 1. The van der Waals surface area contributed by atoms with Gasteiger partial charge in [0.1, 0.15) is 6.23 Å². The monoisotopic (exact) mass is 309 g/mol. The van der Waals surface area contributed by atoms with Gasteiger partial charge in [-0.1, -0.05) is 17.7 Å². The van der Waals surface area contributed by atoms with Crippen LogP contribution in [-0.2, 0) is 15.7 Å². The standard InChI is InChI=1S/C15H21BClNO3/c1-14(2)15(3,4)21-16(20-14)10-7-9-5-6-13(19)18-12(9)8-11(10)17/h7-8,13,18-19H,5-6H2,1-4H3. The van der Waals surface area contributed by atoms with Crippen molar-refractivity contribution in [1.29, 1.82) is 0 Å². The van der Waals surface area contributed by atoms with Gasteiger partial charge < -0.3 is 19.7 Å². The van der Waals surface area contributed by atoms with Gasteiger partial charge in [-0.25, -0.2) is 0 Å². The second-order valence-corrected chi connectivity index (χ2v) is 7.23. The molecule has 0 bridgehead atoms. The van der Waals surface area contributed by atoms with E-state index in [1.807, 2.05) is 39.8 Å². The fourth-order valence-electron chi connectivity index (χ4n) is 2.67. The first-order valence-electron chi connectivity index (χ1n) is 7.32. The van der Waals surface area contributed by atoms with E-state index in [0.29, 0.717) is 11.4 Å². The Hall–Kier alpha value is -0.745. The molecule has 2 heterocycles. The fourth-order valence-corrected chi connectivity index (χ4v) is 2.93. The third-order valence-corrected chi connectivity index (χ3v) is 5.07. The molecule has 0 saturated carbocycles. The quantitative estimate of drug-likeness (QED) is 0.782. The molecular weight excluding hydrogens is 288 g/mol. The average molecular weight is 310 g/mol. The average Bonchev–Trinajstić information content (AvgIpc) is 2.57. The van der Waals surface area contributed by atoms with Gasteiger partial charge in [0.2, 0.25) is 0 Å². The van der Waals surface area contributed by atoms with Crippen LogP contribution in [0.15, 0.2) is 12.1 Å². The maximum absolute atomic E-state index is 9.66. The molecule has 2 aliphatic heterocycles. The van der Waals surface area contributed by atoms with Gasteiger partial charge in [0.15, 0.2) is 0 Å². The van der Waals surface area contributed by atoms with E-state index in [4.69, 9.17) is 20.9 Å². The highest BCUT2D eigenvalue weighted by atomic mass is 35.5. The van der Waals surface area contributed by atoms with Crippen molar-refractivity contribution < 1.29 is 14.4 Å². The summed E-state index contributed by atoms with van der Waals surface area (Å²) in [6.07, 6.45) is 1.00. The molecular formula is C15H21BClNO3. The van der Waals surface area contributed by atoms with Crippen LogP contribution in [0, 0.1) is 0 Å².